The summed E-state index contributed by atoms with van der Waals surface area (Å²) in [6.07, 6.45) is 0.734. The molecule has 1 N–H and O–H groups in total. The number of aliphatic hydroxyl groups excluding tert-OH is 1. The van der Waals surface area contributed by atoms with E-state index in [0.717, 1.165) is 48.4 Å². The molecule has 1 amide bonds. The van der Waals surface area contributed by atoms with Gasteiger partial charge in [0.2, 0.25) is 0 Å². The smallest absolute Gasteiger partial charge is 0.295 e. The Kier molecular flexibility index (Phi) is 8.15. The van der Waals surface area contributed by atoms with Crippen LogP contribution in [0, 0.1) is 13.8 Å². The zero-order chi connectivity index (χ0) is 25.0. The predicted molar refractivity (Wildman–Crippen MR) is 138 cm³/mol. The lowest BCUT2D eigenvalue weighted by molar-refractivity contribution is -0.139. The number of aryl methyl sites for hydroxylation is 2. The summed E-state index contributed by atoms with van der Waals surface area (Å²) in [5, 5.41) is 11.4. The van der Waals surface area contributed by atoms with Crippen molar-refractivity contribution in [3.63, 3.8) is 0 Å². The van der Waals surface area contributed by atoms with Crippen molar-refractivity contribution in [2.75, 3.05) is 45.2 Å². The maximum Gasteiger partial charge on any atom is 0.295 e. The molecule has 0 aliphatic carbocycles. The number of likely N-dealkylation sites (tertiary alicyclic amines) is 1. The van der Waals surface area contributed by atoms with Gasteiger partial charge < -0.3 is 19.8 Å². The van der Waals surface area contributed by atoms with Crippen LogP contribution in [0.3, 0.4) is 0 Å². The van der Waals surface area contributed by atoms with Crippen molar-refractivity contribution in [2.24, 2.45) is 0 Å². The van der Waals surface area contributed by atoms with Gasteiger partial charge >= 0.3 is 0 Å². The van der Waals surface area contributed by atoms with Crippen LogP contribution < -0.4 is 4.90 Å². The van der Waals surface area contributed by atoms with E-state index in [4.69, 9.17) is 0 Å². The van der Waals surface area contributed by atoms with Crippen LogP contribution in [0.5, 0.6) is 0 Å². The predicted octanol–water partition coefficient (Wildman–Crippen LogP) is 4.52. The Hall–Kier alpha value is -3.12. The molecule has 0 bridgehead atoms. The van der Waals surface area contributed by atoms with E-state index in [0.29, 0.717) is 12.1 Å². The third-order valence-electron chi connectivity index (χ3n) is 6.53. The van der Waals surface area contributed by atoms with Crippen LogP contribution >= 0.6 is 0 Å². The van der Waals surface area contributed by atoms with Crippen molar-refractivity contribution in [3.05, 3.63) is 70.3 Å². The largest absolute Gasteiger partial charge is 0.507 e. The quantitative estimate of drug-likeness (QED) is 0.336. The van der Waals surface area contributed by atoms with Gasteiger partial charge in [-0.25, -0.2) is 0 Å². The molecule has 1 fully saturated rings. The van der Waals surface area contributed by atoms with E-state index in [9.17, 15) is 14.7 Å². The Balaban J connectivity index is 2.12. The van der Waals surface area contributed by atoms with Crippen molar-refractivity contribution >= 4 is 23.1 Å². The fourth-order valence-corrected chi connectivity index (χ4v) is 4.61. The molecule has 182 valence electrons. The zero-order valence-electron chi connectivity index (χ0n) is 21.3. The van der Waals surface area contributed by atoms with Crippen molar-refractivity contribution < 1.29 is 14.7 Å². The maximum absolute atomic E-state index is 13.2. The average Bonchev–Trinajstić information content (AvgIpc) is 3.06. The maximum atomic E-state index is 13.2. The fraction of sp³-hybridized carbons (Fsp3) is 0.429. The minimum Gasteiger partial charge on any atom is -0.507 e. The number of amides is 1. The molecule has 1 heterocycles. The van der Waals surface area contributed by atoms with Crippen LogP contribution in [0.4, 0.5) is 5.69 Å². The number of hydrogen-bond acceptors (Lipinski definition) is 5. The molecule has 6 heteroatoms. The molecule has 1 saturated heterocycles. The topological polar surface area (TPSA) is 64.1 Å². The highest BCUT2D eigenvalue weighted by molar-refractivity contribution is 6.46. The summed E-state index contributed by atoms with van der Waals surface area (Å²) in [6.45, 7) is 11.1. The highest BCUT2D eigenvalue weighted by atomic mass is 16.3. The number of rotatable bonds is 9. The van der Waals surface area contributed by atoms with E-state index >= 15 is 0 Å². The van der Waals surface area contributed by atoms with Crippen molar-refractivity contribution in [3.8, 4) is 0 Å². The van der Waals surface area contributed by atoms with Crippen molar-refractivity contribution in [1.29, 1.82) is 0 Å². The number of Topliss-reactive ketones (excluding diaryl/α,β-unsaturated/α-hetero) is 1. The Morgan fingerprint density at radius 1 is 1.00 bits per heavy atom. The Labute approximate surface area is 203 Å². The van der Waals surface area contributed by atoms with Gasteiger partial charge in [0.05, 0.1) is 11.6 Å². The molecule has 1 unspecified atom stereocenters. The van der Waals surface area contributed by atoms with Gasteiger partial charge in [0.1, 0.15) is 5.76 Å². The molecule has 6 nitrogen and oxygen atoms in total. The molecule has 3 rings (SSSR count). The first-order valence-corrected chi connectivity index (χ1v) is 12.0. The second-order valence-electron chi connectivity index (χ2n) is 9.23. The Morgan fingerprint density at radius 2 is 1.65 bits per heavy atom. The van der Waals surface area contributed by atoms with Gasteiger partial charge in [-0.1, -0.05) is 29.8 Å². The molecule has 2 aromatic carbocycles. The lowest BCUT2D eigenvalue weighted by atomic mass is 9.93. The lowest BCUT2D eigenvalue weighted by Gasteiger charge is -2.27. The fourth-order valence-electron chi connectivity index (χ4n) is 4.61. The normalized spacial score (nSPS) is 17.6. The molecule has 0 saturated carbocycles. The SMILES string of the molecule is CCN(CC)c1ccc(C2/C(=C(\O)c3cc(C)ccc3C)C(=O)C(=O)N2CCCN(C)C)cc1. The highest BCUT2D eigenvalue weighted by Gasteiger charge is 2.45. The molecular formula is C28H37N3O3. The monoisotopic (exact) mass is 463 g/mol. The van der Waals surface area contributed by atoms with Crippen LogP contribution in [0.15, 0.2) is 48.0 Å². The van der Waals surface area contributed by atoms with Crippen LogP contribution in [0.2, 0.25) is 0 Å². The second-order valence-corrected chi connectivity index (χ2v) is 9.23. The molecule has 1 aliphatic heterocycles. The molecule has 0 spiro atoms. The van der Waals surface area contributed by atoms with Gasteiger partial charge in [-0.3, -0.25) is 9.59 Å². The average molecular weight is 464 g/mol. The van der Waals surface area contributed by atoms with Gasteiger partial charge in [0.15, 0.2) is 0 Å². The van der Waals surface area contributed by atoms with E-state index in [2.05, 4.69) is 23.6 Å². The van der Waals surface area contributed by atoms with Crippen LogP contribution in [0.25, 0.3) is 5.76 Å². The molecule has 0 radical (unpaired) electrons. The number of ketones is 1. The van der Waals surface area contributed by atoms with E-state index in [1.807, 2.05) is 70.4 Å². The molecule has 0 aromatic heterocycles. The highest BCUT2D eigenvalue weighted by Crippen LogP contribution is 2.40. The number of carbonyl (C=O) groups excluding carboxylic acids is 2. The minimum atomic E-state index is -0.624. The third-order valence-corrected chi connectivity index (χ3v) is 6.53. The lowest BCUT2D eigenvalue weighted by Crippen LogP contribution is -2.32. The molecular weight excluding hydrogens is 426 g/mol. The summed E-state index contributed by atoms with van der Waals surface area (Å²) in [5.74, 6) is -1.28. The standard InChI is InChI=1S/C28H37N3O3/c1-7-30(8-2)22-14-12-21(13-15-22)25-24(26(32)23-18-19(3)10-11-20(23)4)27(33)28(34)31(25)17-9-16-29(5)6/h10-15,18,25,32H,7-9,16-17H2,1-6H3/b26-24+. The first kappa shape index (κ1) is 25.5. The summed E-state index contributed by atoms with van der Waals surface area (Å²) in [6, 6.07) is 13.1. The van der Waals surface area contributed by atoms with Gasteiger partial charge in [-0.05, 0) is 84.1 Å². The summed E-state index contributed by atoms with van der Waals surface area (Å²) in [7, 11) is 3.97. The Bertz CT molecular complexity index is 1070. The van der Waals surface area contributed by atoms with E-state index in [1.165, 1.54) is 0 Å². The molecule has 1 aliphatic rings. The third kappa shape index (κ3) is 5.17. The van der Waals surface area contributed by atoms with Crippen LogP contribution in [0.1, 0.15) is 48.6 Å². The van der Waals surface area contributed by atoms with Crippen LogP contribution in [-0.2, 0) is 9.59 Å². The van der Waals surface area contributed by atoms with Gasteiger partial charge in [0, 0.05) is 30.9 Å². The van der Waals surface area contributed by atoms with Crippen molar-refractivity contribution in [2.45, 2.75) is 40.2 Å². The summed E-state index contributed by atoms with van der Waals surface area (Å²) in [4.78, 5) is 32.3. The number of nitrogens with zero attached hydrogens (tertiary/aromatic N) is 3. The number of anilines is 1. The zero-order valence-corrected chi connectivity index (χ0v) is 21.3. The van der Waals surface area contributed by atoms with E-state index in [-0.39, 0.29) is 11.3 Å². The van der Waals surface area contributed by atoms with E-state index in [1.54, 1.807) is 4.90 Å². The Morgan fingerprint density at radius 3 is 2.24 bits per heavy atom. The molecule has 34 heavy (non-hydrogen) atoms. The summed E-state index contributed by atoms with van der Waals surface area (Å²) < 4.78 is 0. The summed E-state index contributed by atoms with van der Waals surface area (Å²) >= 11 is 0. The second kappa shape index (κ2) is 10.9. The van der Waals surface area contributed by atoms with Gasteiger partial charge in [-0.2, -0.15) is 0 Å². The minimum absolute atomic E-state index is 0.104. The van der Waals surface area contributed by atoms with E-state index < -0.39 is 17.7 Å². The number of carbonyl (C=O) groups is 2. The molecule has 1 atom stereocenters. The molecule has 2 aromatic rings. The number of hydrogen-bond donors (Lipinski definition) is 1. The first-order valence-electron chi connectivity index (χ1n) is 12.0. The summed E-state index contributed by atoms with van der Waals surface area (Å²) in [5.41, 5.74) is 4.51. The number of benzene rings is 2. The van der Waals surface area contributed by atoms with Crippen molar-refractivity contribution in [1.82, 2.24) is 9.80 Å². The van der Waals surface area contributed by atoms with Crippen LogP contribution in [-0.4, -0.2) is 66.9 Å². The van der Waals surface area contributed by atoms with Gasteiger partial charge in [-0.15, -0.1) is 0 Å². The van der Waals surface area contributed by atoms with Gasteiger partial charge in [0.25, 0.3) is 11.7 Å². The first-order chi connectivity index (χ1) is 16.2. The number of aliphatic hydroxyl groups is 1.